The van der Waals surface area contributed by atoms with E-state index in [1.165, 1.54) is 11.3 Å². The lowest BCUT2D eigenvalue weighted by Gasteiger charge is -2.25. The van der Waals surface area contributed by atoms with Gasteiger partial charge in [-0.15, -0.1) is 0 Å². The van der Waals surface area contributed by atoms with Gasteiger partial charge in [0.05, 0.1) is 5.52 Å². The Morgan fingerprint density at radius 3 is 3.10 bits per heavy atom. The highest BCUT2D eigenvalue weighted by atomic mass is 15.0. The third kappa shape index (κ3) is 1.76. The number of pyridine rings is 1. The smallest absolute Gasteiger partial charge is 0.177 e. The first kappa shape index (κ1) is 11.5. The molecule has 0 radical (unpaired) electrons. The monoisotopic (exact) mass is 264 g/mol. The van der Waals surface area contributed by atoms with Gasteiger partial charge in [-0.25, -0.2) is 9.97 Å². The zero-order valence-electron chi connectivity index (χ0n) is 11.4. The second kappa shape index (κ2) is 4.34. The molecule has 100 valence electrons. The van der Waals surface area contributed by atoms with Gasteiger partial charge in [-0.2, -0.15) is 0 Å². The van der Waals surface area contributed by atoms with Crippen LogP contribution >= 0.6 is 0 Å². The molecule has 0 spiro atoms. The highest BCUT2D eigenvalue weighted by Gasteiger charge is 2.24. The fraction of sp³-hybridized carbons (Fsp3) is 0.250. The quantitative estimate of drug-likeness (QED) is 0.709. The molecular formula is C16H16N4. The van der Waals surface area contributed by atoms with Crippen molar-refractivity contribution in [2.24, 2.45) is 0 Å². The molecular weight excluding hydrogens is 248 g/mol. The zero-order chi connectivity index (χ0) is 13.5. The number of hydrogen-bond acceptors (Lipinski definition) is 3. The number of aryl methyl sites for hydroxylation is 1. The molecule has 0 aliphatic carbocycles. The Labute approximate surface area is 117 Å². The van der Waals surface area contributed by atoms with Crippen molar-refractivity contribution < 1.29 is 0 Å². The molecule has 1 aliphatic heterocycles. The third-order valence-electron chi connectivity index (χ3n) is 3.91. The number of nitrogens with one attached hydrogen (secondary N) is 2. The summed E-state index contributed by atoms with van der Waals surface area (Å²) in [7, 11) is 0. The van der Waals surface area contributed by atoms with E-state index in [0.717, 1.165) is 35.5 Å². The number of H-pyrrole nitrogens is 1. The predicted octanol–water partition coefficient (Wildman–Crippen LogP) is 3.21. The number of imidazole rings is 1. The van der Waals surface area contributed by atoms with Crippen LogP contribution in [0.25, 0.3) is 11.2 Å². The lowest BCUT2D eigenvalue weighted by Crippen LogP contribution is -2.18. The maximum Gasteiger partial charge on any atom is 0.177 e. The van der Waals surface area contributed by atoms with Crippen LogP contribution in [0.3, 0.4) is 0 Å². The van der Waals surface area contributed by atoms with Crippen LogP contribution in [0.4, 0.5) is 5.69 Å². The van der Waals surface area contributed by atoms with E-state index in [0.29, 0.717) is 5.92 Å². The summed E-state index contributed by atoms with van der Waals surface area (Å²) < 4.78 is 0. The summed E-state index contributed by atoms with van der Waals surface area (Å²) in [5.74, 6) is 1.34. The van der Waals surface area contributed by atoms with Crippen molar-refractivity contribution in [2.45, 2.75) is 19.3 Å². The van der Waals surface area contributed by atoms with Gasteiger partial charge in [-0.3, -0.25) is 0 Å². The van der Waals surface area contributed by atoms with Gasteiger partial charge in [0.2, 0.25) is 0 Å². The maximum atomic E-state index is 4.68. The minimum atomic E-state index is 0.321. The topological polar surface area (TPSA) is 53.6 Å². The van der Waals surface area contributed by atoms with Crippen LogP contribution < -0.4 is 5.32 Å². The summed E-state index contributed by atoms with van der Waals surface area (Å²) in [5, 5.41) is 3.45. The number of fused-ring (bicyclic) bond motifs is 2. The molecule has 4 nitrogen and oxygen atoms in total. The van der Waals surface area contributed by atoms with Gasteiger partial charge in [-0.1, -0.05) is 18.2 Å². The number of anilines is 1. The van der Waals surface area contributed by atoms with Crippen molar-refractivity contribution in [3.63, 3.8) is 0 Å². The first-order chi connectivity index (χ1) is 9.81. The maximum absolute atomic E-state index is 4.68. The summed E-state index contributed by atoms with van der Waals surface area (Å²) in [6.45, 7) is 3.03. The van der Waals surface area contributed by atoms with E-state index < -0.39 is 0 Å². The van der Waals surface area contributed by atoms with Gasteiger partial charge in [0.25, 0.3) is 0 Å². The molecule has 3 heterocycles. The molecule has 20 heavy (non-hydrogen) atoms. The molecule has 3 aromatic rings. The first-order valence-corrected chi connectivity index (χ1v) is 6.96. The third-order valence-corrected chi connectivity index (χ3v) is 3.91. The summed E-state index contributed by atoms with van der Waals surface area (Å²) in [6, 6.07) is 10.6. The summed E-state index contributed by atoms with van der Waals surface area (Å²) >= 11 is 0. The van der Waals surface area contributed by atoms with Crippen LogP contribution in [0.2, 0.25) is 0 Å². The van der Waals surface area contributed by atoms with E-state index in [1.54, 1.807) is 0 Å². The Kier molecular flexibility index (Phi) is 2.49. The van der Waals surface area contributed by atoms with E-state index >= 15 is 0 Å². The molecule has 4 heteroatoms. The normalized spacial score (nSPS) is 17.8. The molecule has 0 saturated heterocycles. The molecule has 1 aliphatic rings. The highest BCUT2D eigenvalue weighted by Crippen LogP contribution is 2.35. The van der Waals surface area contributed by atoms with Crippen molar-refractivity contribution in [3.05, 3.63) is 53.5 Å². The Balaban J connectivity index is 1.84. The molecule has 0 saturated carbocycles. The lowest BCUT2D eigenvalue weighted by molar-refractivity contribution is 0.686. The van der Waals surface area contributed by atoms with Gasteiger partial charge in [0, 0.05) is 24.3 Å². The molecule has 2 aromatic heterocycles. The van der Waals surface area contributed by atoms with Crippen LogP contribution in [-0.4, -0.2) is 21.5 Å². The number of hydrogen-bond donors (Lipinski definition) is 2. The van der Waals surface area contributed by atoms with E-state index in [1.807, 2.05) is 13.1 Å². The van der Waals surface area contributed by atoms with E-state index in [2.05, 4.69) is 50.6 Å². The Bertz CT molecular complexity index is 775. The van der Waals surface area contributed by atoms with Crippen LogP contribution in [0, 0.1) is 6.92 Å². The fourth-order valence-corrected chi connectivity index (χ4v) is 2.94. The summed E-state index contributed by atoms with van der Waals surface area (Å²) in [4.78, 5) is 12.5. The van der Waals surface area contributed by atoms with Crippen molar-refractivity contribution in [2.75, 3.05) is 11.9 Å². The van der Waals surface area contributed by atoms with Crippen LogP contribution in [0.1, 0.15) is 29.3 Å². The number of aromatic nitrogens is 3. The lowest BCUT2D eigenvalue weighted by atomic mass is 9.90. The molecule has 1 unspecified atom stereocenters. The largest absolute Gasteiger partial charge is 0.385 e. The minimum Gasteiger partial charge on any atom is -0.385 e. The number of rotatable bonds is 1. The average molecular weight is 264 g/mol. The molecule has 0 bridgehead atoms. The van der Waals surface area contributed by atoms with Gasteiger partial charge >= 0.3 is 0 Å². The van der Waals surface area contributed by atoms with Crippen molar-refractivity contribution >= 4 is 16.9 Å². The number of aromatic amines is 1. The number of para-hydroxylation sites is 1. The van der Waals surface area contributed by atoms with E-state index in [4.69, 9.17) is 0 Å². The average Bonchev–Trinajstić information content (AvgIpc) is 2.89. The van der Waals surface area contributed by atoms with Crippen LogP contribution in [0.5, 0.6) is 0 Å². The Morgan fingerprint density at radius 1 is 1.25 bits per heavy atom. The Morgan fingerprint density at radius 2 is 2.15 bits per heavy atom. The van der Waals surface area contributed by atoms with Crippen LogP contribution in [-0.2, 0) is 0 Å². The summed E-state index contributed by atoms with van der Waals surface area (Å²) in [5.41, 5.74) is 5.51. The molecule has 0 fully saturated rings. The standard InChI is InChI=1S/C16H16N4/c1-10-8-14-16(18-9-10)20-15(19-14)12-6-7-17-13-5-3-2-4-11(12)13/h2-5,8-9,12,17H,6-7H2,1H3,(H,18,19,20). The highest BCUT2D eigenvalue weighted by molar-refractivity contribution is 5.71. The number of benzene rings is 1. The SMILES string of the molecule is Cc1cnc2nc(C3CCNc4ccccc43)[nH]c2c1. The van der Waals surface area contributed by atoms with Gasteiger partial charge < -0.3 is 10.3 Å². The molecule has 1 aromatic carbocycles. The zero-order valence-corrected chi connectivity index (χ0v) is 11.4. The van der Waals surface area contributed by atoms with Crippen LogP contribution in [0.15, 0.2) is 36.5 Å². The second-order valence-electron chi connectivity index (χ2n) is 5.36. The molecule has 2 N–H and O–H groups in total. The van der Waals surface area contributed by atoms with E-state index in [-0.39, 0.29) is 0 Å². The first-order valence-electron chi connectivity index (χ1n) is 6.96. The fourth-order valence-electron chi connectivity index (χ4n) is 2.94. The van der Waals surface area contributed by atoms with E-state index in [9.17, 15) is 0 Å². The van der Waals surface area contributed by atoms with Gasteiger partial charge in [0.1, 0.15) is 5.82 Å². The summed E-state index contributed by atoms with van der Waals surface area (Å²) in [6.07, 6.45) is 2.92. The predicted molar refractivity (Wildman–Crippen MR) is 80.0 cm³/mol. The second-order valence-corrected chi connectivity index (χ2v) is 5.36. The number of nitrogens with zero attached hydrogens (tertiary/aromatic N) is 2. The van der Waals surface area contributed by atoms with Crippen molar-refractivity contribution in [3.8, 4) is 0 Å². The van der Waals surface area contributed by atoms with Gasteiger partial charge in [-0.05, 0) is 36.6 Å². The molecule has 1 atom stereocenters. The molecule has 0 amide bonds. The minimum absolute atomic E-state index is 0.321. The Hall–Kier alpha value is -2.36. The van der Waals surface area contributed by atoms with Gasteiger partial charge in [0.15, 0.2) is 5.65 Å². The van der Waals surface area contributed by atoms with Crippen molar-refractivity contribution in [1.82, 2.24) is 15.0 Å². The van der Waals surface area contributed by atoms with Crippen molar-refractivity contribution in [1.29, 1.82) is 0 Å². The molecule has 4 rings (SSSR count).